The van der Waals surface area contributed by atoms with Gasteiger partial charge in [0.1, 0.15) is 0 Å². The molecule has 0 aromatic heterocycles. The molecule has 1 unspecified atom stereocenters. The van der Waals surface area contributed by atoms with Crippen molar-refractivity contribution in [1.29, 1.82) is 0 Å². The van der Waals surface area contributed by atoms with Gasteiger partial charge in [0.15, 0.2) is 0 Å². The van der Waals surface area contributed by atoms with E-state index in [0.29, 0.717) is 0 Å². The largest absolute Gasteiger partial charge is 0.394 e. The second kappa shape index (κ2) is 6.02. The third-order valence-electron chi connectivity index (χ3n) is 4.43. The Bertz CT molecular complexity index is 277. The van der Waals surface area contributed by atoms with Crippen LogP contribution in [-0.2, 0) is 4.79 Å². The highest BCUT2D eigenvalue weighted by molar-refractivity contribution is 5.83. The molecule has 0 saturated carbocycles. The van der Waals surface area contributed by atoms with E-state index in [1.165, 1.54) is 0 Å². The first-order chi connectivity index (χ1) is 8.40. The van der Waals surface area contributed by atoms with Crippen LogP contribution in [0.25, 0.3) is 0 Å². The Morgan fingerprint density at radius 1 is 1.44 bits per heavy atom. The fraction of sp³-hybridized carbons (Fsp3) is 0.929. The summed E-state index contributed by atoms with van der Waals surface area (Å²) in [7, 11) is 0. The number of hydrogen-bond donors (Lipinski definition) is 3. The maximum Gasteiger partial charge on any atom is 0.238 e. The monoisotopic (exact) mass is 256 g/mol. The Balaban J connectivity index is 2.74. The van der Waals surface area contributed by atoms with Gasteiger partial charge in [-0.25, -0.2) is 0 Å². The molecule has 0 aromatic rings. The van der Waals surface area contributed by atoms with Gasteiger partial charge in [-0.05, 0) is 37.6 Å². The lowest BCUT2D eigenvalue weighted by Gasteiger charge is -2.41. The molecule has 1 amide bonds. The molecule has 18 heavy (non-hydrogen) atoms. The molecular weight excluding hydrogens is 228 g/mol. The van der Waals surface area contributed by atoms with Gasteiger partial charge in [-0.2, -0.15) is 0 Å². The van der Waals surface area contributed by atoms with Gasteiger partial charge in [0.2, 0.25) is 5.91 Å². The number of hydrogen-bond acceptors (Lipinski definition) is 3. The predicted octanol–water partition coefficient (Wildman–Crippen LogP) is 1.43. The van der Waals surface area contributed by atoms with Gasteiger partial charge >= 0.3 is 0 Å². The highest BCUT2D eigenvalue weighted by atomic mass is 16.3. The number of piperidine rings is 1. The second-order valence-electron chi connectivity index (χ2n) is 6.11. The van der Waals surface area contributed by atoms with Crippen LogP contribution in [0.4, 0.5) is 0 Å². The summed E-state index contributed by atoms with van der Waals surface area (Å²) >= 11 is 0. The Morgan fingerprint density at radius 2 is 2.06 bits per heavy atom. The van der Waals surface area contributed by atoms with E-state index in [1.54, 1.807) is 0 Å². The van der Waals surface area contributed by atoms with Crippen LogP contribution in [0, 0.1) is 5.41 Å². The van der Waals surface area contributed by atoms with Gasteiger partial charge in [-0.1, -0.05) is 27.7 Å². The minimum Gasteiger partial charge on any atom is -0.394 e. The molecule has 1 aliphatic heterocycles. The number of rotatable bonds is 5. The van der Waals surface area contributed by atoms with Crippen LogP contribution >= 0.6 is 0 Å². The molecule has 1 fully saturated rings. The van der Waals surface area contributed by atoms with Gasteiger partial charge < -0.3 is 15.7 Å². The molecule has 0 bridgehead atoms. The molecule has 1 saturated heterocycles. The second-order valence-corrected chi connectivity index (χ2v) is 6.11. The van der Waals surface area contributed by atoms with E-state index in [0.717, 1.165) is 32.2 Å². The van der Waals surface area contributed by atoms with Gasteiger partial charge in [0.05, 0.1) is 18.2 Å². The van der Waals surface area contributed by atoms with Crippen LogP contribution in [0.3, 0.4) is 0 Å². The first-order valence-corrected chi connectivity index (χ1v) is 7.07. The van der Waals surface area contributed by atoms with Gasteiger partial charge in [0.25, 0.3) is 0 Å². The van der Waals surface area contributed by atoms with Crippen molar-refractivity contribution in [1.82, 2.24) is 10.6 Å². The zero-order chi connectivity index (χ0) is 13.8. The molecule has 0 aliphatic carbocycles. The van der Waals surface area contributed by atoms with E-state index in [1.807, 2.05) is 13.8 Å². The van der Waals surface area contributed by atoms with E-state index < -0.39 is 5.54 Å². The van der Waals surface area contributed by atoms with Crippen molar-refractivity contribution in [3.8, 4) is 0 Å². The fourth-order valence-electron chi connectivity index (χ4n) is 2.68. The van der Waals surface area contributed by atoms with Crippen molar-refractivity contribution < 1.29 is 9.90 Å². The van der Waals surface area contributed by atoms with E-state index in [9.17, 15) is 9.90 Å². The lowest BCUT2D eigenvalue weighted by atomic mass is 9.76. The topological polar surface area (TPSA) is 61.4 Å². The van der Waals surface area contributed by atoms with Crippen LogP contribution in [-0.4, -0.2) is 35.7 Å². The van der Waals surface area contributed by atoms with E-state index in [4.69, 9.17) is 0 Å². The predicted molar refractivity (Wildman–Crippen MR) is 73.3 cm³/mol. The standard InChI is InChI=1S/C14H28N2O2/c1-5-14(6-2,10-17)16-12(18)11-13(3,4)8-7-9-15-11/h11,15,17H,5-10H2,1-4H3,(H,16,18). The molecule has 0 radical (unpaired) electrons. The maximum absolute atomic E-state index is 12.4. The summed E-state index contributed by atoms with van der Waals surface area (Å²) in [6, 6.07) is -0.157. The number of nitrogens with one attached hydrogen (secondary N) is 2. The highest BCUT2D eigenvalue weighted by Crippen LogP contribution is 2.30. The summed E-state index contributed by atoms with van der Waals surface area (Å²) < 4.78 is 0. The summed E-state index contributed by atoms with van der Waals surface area (Å²) in [5, 5.41) is 15.9. The summed E-state index contributed by atoms with van der Waals surface area (Å²) in [4.78, 5) is 12.4. The molecule has 4 nitrogen and oxygen atoms in total. The van der Waals surface area contributed by atoms with Crippen molar-refractivity contribution in [2.45, 2.75) is 65.0 Å². The normalized spacial score (nSPS) is 23.7. The Hall–Kier alpha value is -0.610. The number of carbonyl (C=O) groups is 1. The van der Waals surface area contributed by atoms with Crippen molar-refractivity contribution in [2.24, 2.45) is 5.41 Å². The van der Waals surface area contributed by atoms with Gasteiger partial charge in [0, 0.05) is 0 Å². The van der Waals surface area contributed by atoms with Crippen LogP contribution in [0.2, 0.25) is 0 Å². The van der Waals surface area contributed by atoms with Crippen LogP contribution in [0.15, 0.2) is 0 Å². The average molecular weight is 256 g/mol. The van der Waals surface area contributed by atoms with Crippen LogP contribution < -0.4 is 10.6 Å². The molecule has 0 spiro atoms. The van der Waals surface area contributed by atoms with Gasteiger partial charge in [-0.15, -0.1) is 0 Å². The SMILES string of the molecule is CCC(CC)(CO)NC(=O)C1NCCCC1(C)C. The minimum atomic E-state index is -0.466. The van der Waals surface area contributed by atoms with E-state index in [2.05, 4.69) is 24.5 Å². The minimum absolute atomic E-state index is 0.00110. The number of aliphatic hydroxyl groups excluding tert-OH is 1. The third-order valence-corrected chi connectivity index (χ3v) is 4.43. The zero-order valence-electron chi connectivity index (χ0n) is 12.2. The molecule has 3 N–H and O–H groups in total. The molecule has 1 rings (SSSR count). The quantitative estimate of drug-likeness (QED) is 0.697. The molecule has 4 heteroatoms. The van der Waals surface area contributed by atoms with Crippen molar-refractivity contribution in [3.05, 3.63) is 0 Å². The molecule has 0 aromatic carbocycles. The highest BCUT2D eigenvalue weighted by Gasteiger charge is 2.39. The van der Waals surface area contributed by atoms with Crippen LogP contribution in [0.5, 0.6) is 0 Å². The number of amides is 1. The smallest absolute Gasteiger partial charge is 0.238 e. The van der Waals surface area contributed by atoms with E-state index >= 15 is 0 Å². The lowest BCUT2D eigenvalue weighted by molar-refractivity contribution is -0.129. The Morgan fingerprint density at radius 3 is 2.50 bits per heavy atom. The molecular formula is C14H28N2O2. The summed E-state index contributed by atoms with van der Waals surface area (Å²) in [5.74, 6) is 0.0254. The maximum atomic E-state index is 12.4. The first-order valence-electron chi connectivity index (χ1n) is 7.07. The van der Waals surface area contributed by atoms with Crippen molar-refractivity contribution in [2.75, 3.05) is 13.2 Å². The van der Waals surface area contributed by atoms with Crippen molar-refractivity contribution >= 4 is 5.91 Å². The lowest BCUT2D eigenvalue weighted by Crippen LogP contribution is -2.61. The Kier molecular flexibility index (Phi) is 5.17. The third kappa shape index (κ3) is 3.23. The Labute approximate surface area is 111 Å². The van der Waals surface area contributed by atoms with E-state index in [-0.39, 0.29) is 24.0 Å². The first kappa shape index (κ1) is 15.4. The number of aliphatic hydroxyl groups is 1. The summed E-state index contributed by atoms with van der Waals surface area (Å²) in [6.45, 7) is 9.15. The van der Waals surface area contributed by atoms with Gasteiger partial charge in [-0.3, -0.25) is 4.79 Å². The summed E-state index contributed by atoms with van der Waals surface area (Å²) in [5.41, 5.74) is -0.489. The van der Waals surface area contributed by atoms with Crippen molar-refractivity contribution in [3.63, 3.8) is 0 Å². The molecule has 1 atom stereocenters. The van der Waals surface area contributed by atoms with Crippen LogP contribution in [0.1, 0.15) is 53.4 Å². The molecule has 1 heterocycles. The summed E-state index contributed by atoms with van der Waals surface area (Å²) in [6.07, 6.45) is 3.67. The fourth-order valence-corrected chi connectivity index (χ4v) is 2.68. The average Bonchev–Trinajstić information content (AvgIpc) is 2.35. The number of carbonyl (C=O) groups excluding carboxylic acids is 1. The molecule has 1 aliphatic rings. The molecule has 106 valence electrons. The zero-order valence-corrected chi connectivity index (χ0v) is 12.2.